The normalized spacial score (nSPS) is 22.0. The second-order valence-electron chi connectivity index (χ2n) is 4.35. The van der Waals surface area contributed by atoms with Crippen LogP contribution in [-0.2, 0) is 14.6 Å². The summed E-state index contributed by atoms with van der Waals surface area (Å²) in [4.78, 5) is 11.3. The van der Waals surface area contributed by atoms with Crippen LogP contribution in [0.15, 0.2) is 6.07 Å². The SMILES string of the molecule is Cc1cc(NC(=O)CCl)n(C2CCS(=O)(=O)C2)n1. The van der Waals surface area contributed by atoms with Gasteiger partial charge in [-0.05, 0) is 13.3 Å². The van der Waals surface area contributed by atoms with Crippen molar-refractivity contribution in [2.75, 3.05) is 22.7 Å². The van der Waals surface area contributed by atoms with Crippen LogP contribution < -0.4 is 5.32 Å². The highest BCUT2D eigenvalue weighted by molar-refractivity contribution is 7.91. The minimum atomic E-state index is -2.98. The molecule has 1 aromatic heterocycles. The molecule has 2 rings (SSSR count). The van der Waals surface area contributed by atoms with Crippen molar-refractivity contribution < 1.29 is 13.2 Å². The van der Waals surface area contributed by atoms with Gasteiger partial charge in [-0.15, -0.1) is 11.6 Å². The second kappa shape index (κ2) is 4.89. The van der Waals surface area contributed by atoms with Gasteiger partial charge in [-0.2, -0.15) is 5.10 Å². The Morgan fingerprint density at radius 1 is 1.67 bits per heavy atom. The molecule has 100 valence electrons. The summed E-state index contributed by atoms with van der Waals surface area (Å²) in [6.45, 7) is 1.79. The van der Waals surface area contributed by atoms with E-state index in [0.717, 1.165) is 5.69 Å². The smallest absolute Gasteiger partial charge is 0.240 e. The zero-order chi connectivity index (χ0) is 13.3. The van der Waals surface area contributed by atoms with Crippen molar-refractivity contribution in [2.24, 2.45) is 0 Å². The predicted octanol–water partition coefficient (Wildman–Crippen LogP) is 0.728. The molecule has 18 heavy (non-hydrogen) atoms. The van der Waals surface area contributed by atoms with E-state index in [-0.39, 0.29) is 29.3 Å². The third kappa shape index (κ3) is 2.84. The quantitative estimate of drug-likeness (QED) is 0.833. The average Bonchev–Trinajstić information content (AvgIpc) is 2.81. The maximum Gasteiger partial charge on any atom is 0.240 e. The van der Waals surface area contributed by atoms with Crippen molar-refractivity contribution in [3.63, 3.8) is 0 Å². The Balaban J connectivity index is 2.25. The Labute approximate surface area is 110 Å². The summed E-state index contributed by atoms with van der Waals surface area (Å²) in [5.41, 5.74) is 0.726. The zero-order valence-corrected chi connectivity index (χ0v) is 11.5. The molecule has 1 fully saturated rings. The lowest BCUT2D eigenvalue weighted by Crippen LogP contribution is -2.20. The summed E-state index contributed by atoms with van der Waals surface area (Å²) >= 11 is 5.43. The number of hydrogen-bond donors (Lipinski definition) is 1. The first-order chi connectivity index (χ1) is 8.41. The number of nitrogens with one attached hydrogen (secondary N) is 1. The van der Waals surface area contributed by atoms with E-state index in [0.29, 0.717) is 12.2 Å². The van der Waals surface area contributed by atoms with Crippen LogP contribution >= 0.6 is 11.6 Å². The van der Waals surface area contributed by atoms with Crippen LogP contribution in [0, 0.1) is 6.92 Å². The maximum atomic E-state index is 11.5. The number of sulfone groups is 1. The molecule has 1 aliphatic rings. The first-order valence-electron chi connectivity index (χ1n) is 5.53. The number of carbonyl (C=O) groups excluding carboxylic acids is 1. The van der Waals surface area contributed by atoms with Crippen LogP contribution in [-0.4, -0.2) is 41.5 Å². The second-order valence-corrected chi connectivity index (χ2v) is 6.85. The molecule has 0 radical (unpaired) electrons. The molecule has 1 aliphatic heterocycles. The number of carbonyl (C=O) groups is 1. The molecule has 1 amide bonds. The van der Waals surface area contributed by atoms with Crippen LogP contribution in [0.1, 0.15) is 18.2 Å². The molecule has 1 unspecified atom stereocenters. The lowest BCUT2D eigenvalue weighted by Gasteiger charge is -2.13. The Bertz CT molecular complexity index is 567. The Hall–Kier alpha value is -1.08. The summed E-state index contributed by atoms with van der Waals surface area (Å²) in [6, 6.07) is 1.49. The monoisotopic (exact) mass is 291 g/mol. The summed E-state index contributed by atoms with van der Waals surface area (Å²) in [7, 11) is -2.98. The first-order valence-corrected chi connectivity index (χ1v) is 7.89. The topological polar surface area (TPSA) is 81.1 Å². The van der Waals surface area contributed by atoms with Gasteiger partial charge in [0, 0.05) is 6.07 Å². The van der Waals surface area contributed by atoms with Gasteiger partial charge in [0.25, 0.3) is 0 Å². The molecule has 0 aliphatic carbocycles. The highest BCUT2D eigenvalue weighted by atomic mass is 35.5. The highest BCUT2D eigenvalue weighted by Gasteiger charge is 2.31. The van der Waals surface area contributed by atoms with Gasteiger partial charge >= 0.3 is 0 Å². The zero-order valence-electron chi connectivity index (χ0n) is 9.89. The highest BCUT2D eigenvalue weighted by Crippen LogP contribution is 2.27. The molecule has 1 aromatic rings. The molecule has 1 saturated heterocycles. The molecule has 1 atom stereocenters. The van der Waals surface area contributed by atoms with Crippen LogP contribution in [0.5, 0.6) is 0 Å². The Morgan fingerprint density at radius 2 is 2.39 bits per heavy atom. The number of halogens is 1. The molecule has 6 nitrogen and oxygen atoms in total. The van der Waals surface area contributed by atoms with Gasteiger partial charge < -0.3 is 5.32 Å². The van der Waals surface area contributed by atoms with Crippen molar-refractivity contribution in [2.45, 2.75) is 19.4 Å². The minimum absolute atomic E-state index is 0.0673. The molecule has 8 heteroatoms. The molecule has 0 aromatic carbocycles. The fraction of sp³-hybridized carbons (Fsp3) is 0.600. The van der Waals surface area contributed by atoms with E-state index in [2.05, 4.69) is 10.4 Å². The van der Waals surface area contributed by atoms with E-state index in [1.165, 1.54) is 0 Å². The van der Waals surface area contributed by atoms with Crippen LogP contribution in [0.2, 0.25) is 0 Å². The lowest BCUT2D eigenvalue weighted by atomic mass is 10.3. The van der Waals surface area contributed by atoms with Crippen molar-refractivity contribution >= 4 is 33.2 Å². The minimum Gasteiger partial charge on any atom is -0.310 e. The van der Waals surface area contributed by atoms with Crippen molar-refractivity contribution in [3.8, 4) is 0 Å². The van der Waals surface area contributed by atoms with Gasteiger partial charge in [0.15, 0.2) is 9.84 Å². The van der Waals surface area contributed by atoms with E-state index in [4.69, 9.17) is 11.6 Å². The number of hydrogen-bond acceptors (Lipinski definition) is 4. The molecular formula is C10H14ClN3O3S. The average molecular weight is 292 g/mol. The fourth-order valence-corrected chi connectivity index (χ4v) is 3.79. The molecule has 2 heterocycles. The summed E-state index contributed by atoms with van der Waals surface area (Å²) < 4.78 is 24.5. The van der Waals surface area contributed by atoms with E-state index >= 15 is 0 Å². The van der Waals surface area contributed by atoms with Crippen LogP contribution in [0.3, 0.4) is 0 Å². The van der Waals surface area contributed by atoms with E-state index in [1.807, 2.05) is 0 Å². The fourth-order valence-electron chi connectivity index (χ4n) is 2.03. The lowest BCUT2D eigenvalue weighted by molar-refractivity contribution is -0.114. The third-order valence-electron chi connectivity index (χ3n) is 2.80. The molecule has 0 spiro atoms. The number of aromatic nitrogens is 2. The standard InChI is InChI=1S/C10H14ClN3O3S/c1-7-4-9(12-10(15)5-11)14(13-7)8-2-3-18(16,17)6-8/h4,8H,2-3,5-6H2,1H3,(H,12,15). The third-order valence-corrected chi connectivity index (χ3v) is 4.79. The first kappa shape index (κ1) is 13.4. The van der Waals surface area contributed by atoms with E-state index in [9.17, 15) is 13.2 Å². The number of alkyl halides is 1. The van der Waals surface area contributed by atoms with Crippen LogP contribution in [0.4, 0.5) is 5.82 Å². The van der Waals surface area contributed by atoms with Gasteiger partial charge in [0.2, 0.25) is 5.91 Å². The molecular weight excluding hydrogens is 278 g/mol. The van der Waals surface area contributed by atoms with Gasteiger partial charge in [-0.3, -0.25) is 4.79 Å². The Kier molecular flexibility index (Phi) is 3.63. The van der Waals surface area contributed by atoms with Crippen LogP contribution in [0.25, 0.3) is 0 Å². The van der Waals surface area contributed by atoms with Gasteiger partial charge in [0.05, 0.1) is 23.2 Å². The number of anilines is 1. The molecule has 0 bridgehead atoms. The number of amides is 1. The van der Waals surface area contributed by atoms with E-state index in [1.54, 1.807) is 17.7 Å². The van der Waals surface area contributed by atoms with Gasteiger partial charge in [0.1, 0.15) is 11.7 Å². The largest absolute Gasteiger partial charge is 0.310 e. The molecule has 1 N–H and O–H groups in total. The van der Waals surface area contributed by atoms with Crippen molar-refractivity contribution in [3.05, 3.63) is 11.8 Å². The van der Waals surface area contributed by atoms with Gasteiger partial charge in [-0.1, -0.05) is 0 Å². The number of nitrogens with zero attached hydrogens (tertiary/aromatic N) is 2. The summed E-state index contributed by atoms with van der Waals surface area (Å²) in [5, 5.41) is 6.86. The predicted molar refractivity (Wildman–Crippen MR) is 68.6 cm³/mol. The molecule has 0 saturated carbocycles. The Morgan fingerprint density at radius 3 is 2.94 bits per heavy atom. The van der Waals surface area contributed by atoms with Gasteiger partial charge in [-0.25, -0.2) is 13.1 Å². The van der Waals surface area contributed by atoms with Crippen molar-refractivity contribution in [1.82, 2.24) is 9.78 Å². The summed E-state index contributed by atoms with van der Waals surface area (Å²) in [5.74, 6) is 0.253. The number of rotatable bonds is 3. The summed E-state index contributed by atoms with van der Waals surface area (Å²) in [6.07, 6.45) is 0.521. The van der Waals surface area contributed by atoms with Crippen molar-refractivity contribution in [1.29, 1.82) is 0 Å². The number of aryl methyl sites for hydroxylation is 1. The maximum absolute atomic E-state index is 11.5. The van der Waals surface area contributed by atoms with E-state index < -0.39 is 9.84 Å².